The molecule has 23 heavy (non-hydrogen) atoms. The van der Waals surface area contributed by atoms with Gasteiger partial charge in [-0.3, -0.25) is 0 Å². The first kappa shape index (κ1) is 18.8. The molecule has 0 spiro atoms. The van der Waals surface area contributed by atoms with E-state index in [1.807, 2.05) is 13.0 Å². The van der Waals surface area contributed by atoms with Gasteiger partial charge in [0.15, 0.2) is 0 Å². The Bertz CT molecular complexity index is 536. The van der Waals surface area contributed by atoms with Crippen molar-refractivity contribution in [2.45, 2.75) is 52.2 Å². The van der Waals surface area contributed by atoms with Crippen LogP contribution >= 0.6 is 0 Å². The van der Waals surface area contributed by atoms with Crippen LogP contribution in [0.4, 0.5) is 4.79 Å². The third-order valence-electron chi connectivity index (χ3n) is 2.85. The van der Waals surface area contributed by atoms with Gasteiger partial charge >= 0.3 is 12.1 Å². The predicted molar refractivity (Wildman–Crippen MR) is 86.7 cm³/mol. The number of carboxylic acid groups (broad SMARTS) is 1. The molecule has 0 aliphatic heterocycles. The molecule has 0 aliphatic rings. The quantitative estimate of drug-likeness (QED) is 0.806. The van der Waals surface area contributed by atoms with Crippen molar-refractivity contribution in [1.82, 2.24) is 5.32 Å². The fraction of sp³-hybridized carbons (Fsp3) is 0.529. The first-order valence-electron chi connectivity index (χ1n) is 7.66. The molecule has 0 aliphatic carbocycles. The number of carboxylic acids is 1. The smallest absolute Gasteiger partial charge is 0.408 e. The molecule has 6 nitrogen and oxygen atoms in total. The summed E-state index contributed by atoms with van der Waals surface area (Å²) in [6, 6.07) is 6.12. The van der Waals surface area contributed by atoms with Crippen molar-refractivity contribution >= 4 is 12.1 Å². The molecular weight excluding hydrogens is 298 g/mol. The first-order chi connectivity index (χ1) is 10.7. The number of ether oxygens (including phenoxy) is 2. The van der Waals surface area contributed by atoms with Crippen LogP contribution in [0.3, 0.4) is 0 Å². The summed E-state index contributed by atoms with van der Waals surface area (Å²) in [6.45, 7) is 7.70. The molecule has 1 aromatic rings. The summed E-state index contributed by atoms with van der Waals surface area (Å²) >= 11 is 0. The van der Waals surface area contributed by atoms with Gasteiger partial charge in [0.25, 0.3) is 0 Å². The lowest BCUT2D eigenvalue weighted by Crippen LogP contribution is -2.44. The normalized spacial score (nSPS) is 12.3. The topological polar surface area (TPSA) is 84.9 Å². The summed E-state index contributed by atoms with van der Waals surface area (Å²) in [5.41, 5.74) is 0.0411. The molecular formula is C17H25NO5. The van der Waals surface area contributed by atoms with E-state index in [2.05, 4.69) is 5.32 Å². The second-order valence-corrected chi connectivity index (χ2v) is 6.20. The summed E-state index contributed by atoms with van der Waals surface area (Å²) in [5.74, 6) is -0.493. The van der Waals surface area contributed by atoms with Gasteiger partial charge in [-0.1, -0.05) is 25.1 Å². The van der Waals surface area contributed by atoms with E-state index >= 15 is 0 Å². The van der Waals surface area contributed by atoms with Gasteiger partial charge in [0.1, 0.15) is 17.4 Å². The maximum atomic E-state index is 11.8. The van der Waals surface area contributed by atoms with E-state index in [4.69, 9.17) is 9.47 Å². The molecule has 0 radical (unpaired) electrons. The maximum absolute atomic E-state index is 11.8. The minimum atomic E-state index is -1.12. The molecule has 0 aromatic heterocycles. The van der Waals surface area contributed by atoms with E-state index in [1.54, 1.807) is 39.0 Å². The Morgan fingerprint density at radius 2 is 1.91 bits per heavy atom. The molecule has 6 heteroatoms. The highest BCUT2D eigenvalue weighted by Crippen LogP contribution is 2.20. The largest absolute Gasteiger partial charge is 0.493 e. The number of nitrogens with one attached hydrogen (secondary N) is 1. The Labute approximate surface area is 136 Å². The molecule has 0 saturated carbocycles. The summed E-state index contributed by atoms with van der Waals surface area (Å²) < 4.78 is 10.7. The third-order valence-corrected chi connectivity index (χ3v) is 2.85. The van der Waals surface area contributed by atoms with Gasteiger partial charge < -0.3 is 19.9 Å². The highest BCUT2D eigenvalue weighted by atomic mass is 16.6. The standard InChI is InChI=1S/C17H25NO5/c1-5-10-22-14-9-7-6-8-12(14)11-13(15(19)20)18-16(21)23-17(2,3)4/h6-9,13H,5,10-11H2,1-4H3,(H,18,21)(H,19,20)/t13-/m0/s1. The molecule has 1 rings (SSSR count). The molecule has 0 heterocycles. The maximum Gasteiger partial charge on any atom is 0.408 e. The van der Waals surface area contributed by atoms with Gasteiger partial charge in [0.05, 0.1) is 6.61 Å². The SMILES string of the molecule is CCCOc1ccccc1C[C@H](NC(=O)OC(C)(C)C)C(=O)O. The van der Waals surface area contributed by atoms with Crippen molar-refractivity contribution in [3.63, 3.8) is 0 Å². The van der Waals surface area contributed by atoms with Crippen molar-refractivity contribution < 1.29 is 24.2 Å². The number of carbonyl (C=O) groups is 2. The Morgan fingerprint density at radius 1 is 1.26 bits per heavy atom. The average Bonchev–Trinajstić information content (AvgIpc) is 2.43. The first-order valence-corrected chi connectivity index (χ1v) is 7.66. The number of rotatable bonds is 7. The molecule has 0 unspecified atom stereocenters. The number of alkyl carbamates (subject to hydrolysis) is 1. The Hall–Kier alpha value is -2.24. The van der Waals surface area contributed by atoms with E-state index < -0.39 is 23.7 Å². The van der Waals surface area contributed by atoms with E-state index in [0.29, 0.717) is 12.4 Å². The van der Waals surface area contributed by atoms with Crippen LogP contribution in [0.2, 0.25) is 0 Å². The van der Waals surface area contributed by atoms with Crippen LogP contribution in [0.1, 0.15) is 39.7 Å². The molecule has 1 amide bonds. The summed E-state index contributed by atoms with van der Waals surface area (Å²) in [5, 5.41) is 11.7. The van der Waals surface area contributed by atoms with Crippen LogP contribution in [0.15, 0.2) is 24.3 Å². The number of amides is 1. The number of hydrogen-bond donors (Lipinski definition) is 2. The van der Waals surface area contributed by atoms with E-state index in [1.165, 1.54) is 0 Å². The molecule has 2 N–H and O–H groups in total. The average molecular weight is 323 g/mol. The van der Waals surface area contributed by atoms with Crippen molar-refractivity contribution in [1.29, 1.82) is 0 Å². The van der Waals surface area contributed by atoms with Crippen LogP contribution in [0.5, 0.6) is 5.75 Å². The van der Waals surface area contributed by atoms with Crippen molar-refractivity contribution in [3.8, 4) is 5.75 Å². The highest BCUT2D eigenvalue weighted by molar-refractivity contribution is 5.80. The summed E-state index contributed by atoms with van der Waals surface area (Å²) in [7, 11) is 0. The fourth-order valence-corrected chi connectivity index (χ4v) is 1.90. The number of benzene rings is 1. The Morgan fingerprint density at radius 3 is 2.48 bits per heavy atom. The number of hydrogen-bond acceptors (Lipinski definition) is 4. The van der Waals surface area contributed by atoms with Crippen molar-refractivity contribution in [2.24, 2.45) is 0 Å². The molecule has 128 valence electrons. The van der Waals surface area contributed by atoms with E-state index in [9.17, 15) is 14.7 Å². The van der Waals surface area contributed by atoms with Gasteiger partial charge in [-0.25, -0.2) is 9.59 Å². The van der Waals surface area contributed by atoms with E-state index in [0.717, 1.165) is 12.0 Å². The number of carbonyl (C=O) groups excluding carboxylic acids is 1. The molecule has 1 atom stereocenters. The summed E-state index contributed by atoms with van der Waals surface area (Å²) in [4.78, 5) is 23.2. The van der Waals surface area contributed by atoms with Crippen LogP contribution in [-0.4, -0.2) is 35.4 Å². The molecule has 0 bridgehead atoms. The van der Waals surface area contributed by atoms with Crippen LogP contribution in [0.25, 0.3) is 0 Å². The highest BCUT2D eigenvalue weighted by Gasteiger charge is 2.25. The lowest BCUT2D eigenvalue weighted by molar-refractivity contribution is -0.139. The zero-order valence-electron chi connectivity index (χ0n) is 14.1. The number of aliphatic carboxylic acids is 1. The lowest BCUT2D eigenvalue weighted by atomic mass is 10.0. The molecule has 0 fully saturated rings. The van der Waals surface area contributed by atoms with Gasteiger partial charge in [0, 0.05) is 6.42 Å². The summed E-state index contributed by atoms with van der Waals surface area (Å²) in [6.07, 6.45) is 0.221. The van der Waals surface area contributed by atoms with Crippen LogP contribution < -0.4 is 10.1 Å². The van der Waals surface area contributed by atoms with Gasteiger partial charge in [-0.05, 0) is 38.8 Å². The van der Waals surface area contributed by atoms with Gasteiger partial charge in [0.2, 0.25) is 0 Å². The predicted octanol–water partition coefficient (Wildman–Crippen LogP) is 3.00. The van der Waals surface area contributed by atoms with Gasteiger partial charge in [-0.2, -0.15) is 0 Å². The second-order valence-electron chi connectivity index (χ2n) is 6.20. The molecule has 1 aromatic carbocycles. The fourth-order valence-electron chi connectivity index (χ4n) is 1.90. The lowest BCUT2D eigenvalue weighted by Gasteiger charge is -2.22. The van der Waals surface area contributed by atoms with Gasteiger partial charge in [-0.15, -0.1) is 0 Å². The monoisotopic (exact) mass is 323 g/mol. The Kier molecular flexibility index (Phi) is 6.88. The van der Waals surface area contributed by atoms with Crippen molar-refractivity contribution in [2.75, 3.05) is 6.61 Å². The van der Waals surface area contributed by atoms with Crippen LogP contribution in [0, 0.1) is 0 Å². The minimum Gasteiger partial charge on any atom is -0.493 e. The number of para-hydroxylation sites is 1. The minimum absolute atomic E-state index is 0.120. The zero-order chi connectivity index (χ0) is 17.5. The van der Waals surface area contributed by atoms with Crippen molar-refractivity contribution in [3.05, 3.63) is 29.8 Å². The van der Waals surface area contributed by atoms with E-state index in [-0.39, 0.29) is 6.42 Å². The zero-order valence-corrected chi connectivity index (χ0v) is 14.1. The third kappa shape index (κ3) is 7.04. The second kappa shape index (κ2) is 8.41. The van der Waals surface area contributed by atoms with Crippen LogP contribution in [-0.2, 0) is 16.0 Å². The molecule has 0 saturated heterocycles. The Balaban J connectivity index is 2.80.